The molecular weight excluding hydrogens is 322 g/mol. The first-order valence-corrected chi connectivity index (χ1v) is 6.81. The van der Waals surface area contributed by atoms with Crippen molar-refractivity contribution in [3.05, 3.63) is 52.3 Å². The van der Waals surface area contributed by atoms with Crippen LogP contribution in [-0.4, -0.2) is 33.2 Å². The maximum absolute atomic E-state index is 11.9. The highest BCUT2D eigenvalue weighted by atomic mass is 35.5. The number of nitrogens with two attached hydrogens (primary N) is 1. The van der Waals surface area contributed by atoms with E-state index in [2.05, 4.69) is 10.4 Å². The second-order valence-corrected chi connectivity index (χ2v) is 4.94. The number of carbonyl (C=O) groups is 1. The molecule has 0 aliphatic heterocycles. The molecule has 1 atom stereocenters. The molecule has 1 amide bonds. The third kappa shape index (κ3) is 5.04. The van der Waals surface area contributed by atoms with E-state index in [1.54, 1.807) is 24.4 Å². The van der Waals surface area contributed by atoms with E-state index in [-0.39, 0.29) is 35.7 Å². The van der Waals surface area contributed by atoms with Gasteiger partial charge in [-0.3, -0.25) is 14.9 Å². The third-order valence-electron chi connectivity index (χ3n) is 3.03. The number of carbonyl (C=O) groups excluding carboxylic acids is 1. The molecule has 0 spiro atoms. The quantitative estimate of drug-likeness (QED) is 0.613. The van der Waals surface area contributed by atoms with Crippen LogP contribution in [0.2, 0.25) is 0 Å². The largest absolute Gasteiger partial charge is 0.351 e. The summed E-state index contributed by atoms with van der Waals surface area (Å²) < 4.78 is 1.49. The number of rotatable bonds is 6. The molecule has 8 nitrogen and oxygen atoms in total. The van der Waals surface area contributed by atoms with Gasteiger partial charge < -0.3 is 11.1 Å². The Labute approximate surface area is 139 Å². The van der Waals surface area contributed by atoms with Crippen molar-refractivity contribution in [3.63, 3.8) is 0 Å². The fourth-order valence-corrected chi connectivity index (χ4v) is 1.82. The van der Waals surface area contributed by atoms with E-state index in [0.29, 0.717) is 18.7 Å². The van der Waals surface area contributed by atoms with Crippen molar-refractivity contribution in [2.75, 3.05) is 6.54 Å². The van der Waals surface area contributed by atoms with Gasteiger partial charge in [-0.25, -0.2) is 4.68 Å². The summed E-state index contributed by atoms with van der Waals surface area (Å²) in [5.74, 6) is -0.277. The number of nitrogens with zero attached hydrogens (tertiary/aromatic N) is 3. The SMILES string of the molecule is CC(N)CCNC(=O)c1ccn(-c2ccc([N+](=O)[O-])cc2)n1.Cl. The predicted octanol–water partition coefficient (Wildman–Crippen LogP) is 1.67. The van der Waals surface area contributed by atoms with E-state index in [9.17, 15) is 14.9 Å². The van der Waals surface area contributed by atoms with Crippen LogP contribution in [0.15, 0.2) is 36.5 Å². The number of benzene rings is 1. The first-order valence-electron chi connectivity index (χ1n) is 6.81. The molecule has 124 valence electrons. The molecule has 1 aromatic carbocycles. The first kappa shape index (κ1) is 18.6. The van der Waals surface area contributed by atoms with Gasteiger partial charge in [-0.05, 0) is 31.5 Å². The fraction of sp³-hybridized carbons (Fsp3) is 0.286. The van der Waals surface area contributed by atoms with Crippen LogP contribution >= 0.6 is 12.4 Å². The van der Waals surface area contributed by atoms with Crippen LogP contribution in [0.3, 0.4) is 0 Å². The zero-order chi connectivity index (χ0) is 16.1. The van der Waals surface area contributed by atoms with Crippen molar-refractivity contribution in [2.45, 2.75) is 19.4 Å². The molecule has 1 aromatic heterocycles. The van der Waals surface area contributed by atoms with E-state index in [1.807, 2.05) is 6.92 Å². The Bertz CT molecular complexity index is 669. The van der Waals surface area contributed by atoms with Crippen LogP contribution in [0.5, 0.6) is 0 Å². The lowest BCUT2D eigenvalue weighted by Gasteiger charge is -2.05. The highest BCUT2D eigenvalue weighted by molar-refractivity contribution is 5.92. The standard InChI is InChI=1S/C14H17N5O3.ClH/c1-10(15)6-8-16-14(20)13-7-9-18(17-13)11-2-4-12(5-3-11)19(21)22;/h2-5,7,9-10H,6,8,15H2,1H3,(H,16,20);1H. The van der Waals surface area contributed by atoms with Gasteiger partial charge in [-0.15, -0.1) is 12.4 Å². The molecule has 2 aromatic rings. The van der Waals surface area contributed by atoms with Crippen LogP contribution in [0.4, 0.5) is 5.69 Å². The number of halogens is 1. The molecule has 0 saturated carbocycles. The van der Waals surface area contributed by atoms with Crippen molar-refractivity contribution in [2.24, 2.45) is 5.73 Å². The molecule has 0 aliphatic rings. The van der Waals surface area contributed by atoms with Crippen molar-refractivity contribution in [3.8, 4) is 5.69 Å². The lowest BCUT2D eigenvalue weighted by molar-refractivity contribution is -0.384. The van der Waals surface area contributed by atoms with Gasteiger partial charge in [0.25, 0.3) is 11.6 Å². The summed E-state index contributed by atoms with van der Waals surface area (Å²) in [6.07, 6.45) is 2.32. The minimum absolute atomic E-state index is 0. The van der Waals surface area contributed by atoms with Crippen molar-refractivity contribution in [1.29, 1.82) is 0 Å². The zero-order valence-corrected chi connectivity index (χ0v) is 13.3. The summed E-state index contributed by atoms with van der Waals surface area (Å²) >= 11 is 0. The smallest absolute Gasteiger partial charge is 0.271 e. The summed E-state index contributed by atoms with van der Waals surface area (Å²) in [6, 6.07) is 7.53. The van der Waals surface area contributed by atoms with E-state index in [1.165, 1.54) is 16.8 Å². The Kier molecular flexibility index (Phi) is 6.67. The summed E-state index contributed by atoms with van der Waals surface area (Å²) in [7, 11) is 0. The minimum Gasteiger partial charge on any atom is -0.351 e. The molecule has 9 heteroatoms. The molecule has 2 rings (SSSR count). The maximum atomic E-state index is 11.9. The van der Waals surface area contributed by atoms with Gasteiger partial charge in [0.2, 0.25) is 0 Å². The van der Waals surface area contributed by atoms with Gasteiger partial charge >= 0.3 is 0 Å². The number of amides is 1. The summed E-state index contributed by atoms with van der Waals surface area (Å²) in [4.78, 5) is 22.0. The van der Waals surface area contributed by atoms with Crippen LogP contribution in [0.1, 0.15) is 23.8 Å². The fourth-order valence-electron chi connectivity index (χ4n) is 1.82. The number of nitrogens with one attached hydrogen (secondary N) is 1. The summed E-state index contributed by atoms with van der Waals surface area (Å²) in [6.45, 7) is 2.36. The Hall–Kier alpha value is -2.45. The number of hydrogen-bond acceptors (Lipinski definition) is 5. The topological polar surface area (TPSA) is 116 Å². The number of nitro groups is 1. The highest BCUT2D eigenvalue weighted by Crippen LogP contribution is 2.14. The molecule has 1 unspecified atom stereocenters. The van der Waals surface area contributed by atoms with E-state index in [4.69, 9.17) is 5.73 Å². The molecule has 0 fully saturated rings. The minimum atomic E-state index is -0.468. The number of non-ortho nitro benzene ring substituents is 1. The zero-order valence-electron chi connectivity index (χ0n) is 12.5. The molecule has 3 N–H and O–H groups in total. The number of hydrogen-bond donors (Lipinski definition) is 2. The molecule has 0 aliphatic carbocycles. The lowest BCUT2D eigenvalue weighted by Crippen LogP contribution is -2.29. The first-order chi connectivity index (χ1) is 10.5. The summed E-state index contributed by atoms with van der Waals surface area (Å²) in [5.41, 5.74) is 6.54. The van der Waals surface area contributed by atoms with Crippen LogP contribution in [0.25, 0.3) is 5.69 Å². The molecular formula is C14H18ClN5O3. The van der Waals surface area contributed by atoms with Gasteiger partial charge in [0, 0.05) is 30.9 Å². The highest BCUT2D eigenvalue weighted by Gasteiger charge is 2.11. The van der Waals surface area contributed by atoms with Gasteiger partial charge in [0.15, 0.2) is 5.69 Å². The van der Waals surface area contributed by atoms with E-state index in [0.717, 1.165) is 0 Å². The van der Waals surface area contributed by atoms with E-state index >= 15 is 0 Å². The molecule has 0 radical (unpaired) electrons. The van der Waals surface area contributed by atoms with Crippen molar-refractivity contribution < 1.29 is 9.72 Å². The van der Waals surface area contributed by atoms with Crippen LogP contribution < -0.4 is 11.1 Å². The Morgan fingerprint density at radius 2 is 2.04 bits per heavy atom. The second-order valence-electron chi connectivity index (χ2n) is 4.94. The normalized spacial score (nSPS) is 11.4. The second kappa shape index (κ2) is 8.25. The number of nitro benzene ring substituents is 1. The van der Waals surface area contributed by atoms with Crippen LogP contribution in [0, 0.1) is 10.1 Å². The molecule has 0 bridgehead atoms. The van der Waals surface area contributed by atoms with E-state index < -0.39 is 4.92 Å². The van der Waals surface area contributed by atoms with Gasteiger partial charge in [-0.1, -0.05) is 0 Å². The van der Waals surface area contributed by atoms with Crippen molar-refractivity contribution >= 4 is 24.0 Å². The summed E-state index contributed by atoms with van der Waals surface area (Å²) in [5, 5.41) is 17.5. The number of aromatic nitrogens is 2. The monoisotopic (exact) mass is 339 g/mol. The van der Waals surface area contributed by atoms with Gasteiger partial charge in [-0.2, -0.15) is 5.10 Å². The molecule has 1 heterocycles. The average Bonchev–Trinajstić information content (AvgIpc) is 2.96. The molecule has 0 saturated heterocycles. The lowest BCUT2D eigenvalue weighted by atomic mass is 10.2. The molecule has 23 heavy (non-hydrogen) atoms. The average molecular weight is 340 g/mol. The van der Waals surface area contributed by atoms with Crippen molar-refractivity contribution in [1.82, 2.24) is 15.1 Å². The van der Waals surface area contributed by atoms with Gasteiger partial charge in [0.05, 0.1) is 10.6 Å². The predicted molar refractivity (Wildman–Crippen MR) is 88.1 cm³/mol. The van der Waals surface area contributed by atoms with Crippen LogP contribution in [-0.2, 0) is 0 Å². The maximum Gasteiger partial charge on any atom is 0.271 e. The Balaban J connectivity index is 0.00000264. The third-order valence-corrected chi connectivity index (χ3v) is 3.03. The van der Waals surface area contributed by atoms with Gasteiger partial charge in [0.1, 0.15) is 0 Å². The Morgan fingerprint density at radius 3 is 2.61 bits per heavy atom. The Morgan fingerprint density at radius 1 is 1.39 bits per heavy atom.